The normalized spacial score (nSPS) is 28.9. The Morgan fingerprint density at radius 1 is 1.09 bits per heavy atom. The number of benzene rings is 1. The monoisotopic (exact) mass is 485 g/mol. The van der Waals surface area contributed by atoms with Crippen LogP contribution in [0.2, 0.25) is 0 Å². The second kappa shape index (κ2) is 11.5. The van der Waals surface area contributed by atoms with Gasteiger partial charge in [-0.15, -0.1) is 0 Å². The smallest absolute Gasteiger partial charge is 0.245 e. The van der Waals surface area contributed by atoms with E-state index in [1.165, 1.54) is 0 Å². The molecule has 35 heavy (non-hydrogen) atoms. The molecule has 3 saturated heterocycles. The minimum atomic E-state index is -0.942. The molecule has 8 heteroatoms. The summed E-state index contributed by atoms with van der Waals surface area (Å²) in [6.45, 7) is 3.61. The lowest BCUT2D eigenvalue weighted by molar-refractivity contribution is -0.142. The highest BCUT2D eigenvalue weighted by molar-refractivity contribution is 5.98. The molecule has 0 radical (unpaired) electrons. The summed E-state index contributed by atoms with van der Waals surface area (Å²) in [5, 5.41) is 15.2. The first-order valence-corrected chi connectivity index (χ1v) is 13.2. The minimum Gasteiger partial charge on any atom is -0.396 e. The maximum absolute atomic E-state index is 13.8. The predicted octanol–water partition coefficient (Wildman–Crippen LogP) is 2.15. The fraction of sp³-hybridized carbons (Fsp3) is 0.667. The molecule has 4 rings (SSSR count). The maximum Gasteiger partial charge on any atom is 0.245 e. The number of nitrogens with zero attached hydrogens (tertiary/aromatic N) is 1. The van der Waals surface area contributed by atoms with Gasteiger partial charge >= 0.3 is 0 Å². The number of carbonyl (C=O) groups is 3. The van der Waals surface area contributed by atoms with Crippen molar-refractivity contribution in [1.82, 2.24) is 15.5 Å². The molecule has 2 unspecified atom stereocenters. The van der Waals surface area contributed by atoms with E-state index >= 15 is 0 Å². The van der Waals surface area contributed by atoms with Crippen LogP contribution in [0.4, 0.5) is 0 Å². The van der Waals surface area contributed by atoms with Crippen LogP contribution >= 0.6 is 0 Å². The average Bonchev–Trinajstić information content (AvgIpc) is 3.51. The summed E-state index contributed by atoms with van der Waals surface area (Å²) in [5.74, 6) is -1.73. The highest BCUT2D eigenvalue weighted by Gasteiger charge is 2.74. The molecule has 3 aliphatic heterocycles. The van der Waals surface area contributed by atoms with Crippen LogP contribution in [-0.2, 0) is 25.7 Å². The van der Waals surface area contributed by atoms with Crippen LogP contribution in [0.1, 0.15) is 63.9 Å². The van der Waals surface area contributed by atoms with Crippen molar-refractivity contribution in [3.8, 4) is 0 Å². The van der Waals surface area contributed by atoms with Crippen molar-refractivity contribution >= 4 is 17.7 Å². The van der Waals surface area contributed by atoms with E-state index in [-0.39, 0.29) is 30.4 Å². The van der Waals surface area contributed by atoms with E-state index in [9.17, 15) is 14.4 Å². The van der Waals surface area contributed by atoms with Gasteiger partial charge in [0.25, 0.3) is 0 Å². The quantitative estimate of drug-likeness (QED) is 0.371. The molecule has 1 spiro atoms. The van der Waals surface area contributed by atoms with E-state index in [1.54, 1.807) is 4.90 Å². The number of hydrogen-bond donors (Lipinski definition) is 3. The molecule has 192 valence electrons. The zero-order chi connectivity index (χ0) is 24.8. The van der Waals surface area contributed by atoms with Crippen molar-refractivity contribution in [2.24, 2.45) is 11.8 Å². The minimum absolute atomic E-state index is 0.107. The number of ether oxygens (including phenoxy) is 1. The van der Waals surface area contributed by atoms with Gasteiger partial charge < -0.3 is 25.4 Å². The predicted molar refractivity (Wildman–Crippen MR) is 131 cm³/mol. The van der Waals surface area contributed by atoms with Gasteiger partial charge in [-0.05, 0) is 44.1 Å². The van der Waals surface area contributed by atoms with Crippen LogP contribution in [-0.4, -0.2) is 65.2 Å². The number of aliphatic hydroxyl groups is 1. The lowest BCUT2D eigenvalue weighted by Crippen LogP contribution is -2.55. The third-order valence-electron chi connectivity index (χ3n) is 7.80. The van der Waals surface area contributed by atoms with Gasteiger partial charge in [0.1, 0.15) is 11.6 Å². The van der Waals surface area contributed by atoms with Crippen molar-refractivity contribution in [1.29, 1.82) is 0 Å². The van der Waals surface area contributed by atoms with E-state index < -0.39 is 23.5 Å². The Morgan fingerprint density at radius 2 is 1.89 bits per heavy atom. The second-order valence-electron chi connectivity index (χ2n) is 10.1. The lowest BCUT2D eigenvalue weighted by Gasteiger charge is -2.33. The fourth-order valence-electron chi connectivity index (χ4n) is 6.15. The molecule has 3 heterocycles. The topological polar surface area (TPSA) is 108 Å². The van der Waals surface area contributed by atoms with Gasteiger partial charge in [-0.1, -0.05) is 50.1 Å². The van der Waals surface area contributed by atoms with Gasteiger partial charge in [-0.3, -0.25) is 14.4 Å². The molecular formula is C27H39N3O5. The molecular weight excluding hydrogens is 446 g/mol. The molecule has 0 saturated carbocycles. The molecule has 5 atom stereocenters. The van der Waals surface area contributed by atoms with Gasteiger partial charge in [0.05, 0.1) is 17.9 Å². The van der Waals surface area contributed by atoms with Crippen LogP contribution in [0.5, 0.6) is 0 Å². The molecule has 1 aromatic carbocycles. The highest BCUT2D eigenvalue weighted by Crippen LogP contribution is 2.58. The number of nitrogens with one attached hydrogen (secondary N) is 2. The van der Waals surface area contributed by atoms with E-state index in [0.717, 1.165) is 31.2 Å². The van der Waals surface area contributed by atoms with Crippen molar-refractivity contribution < 1.29 is 24.2 Å². The van der Waals surface area contributed by atoms with Crippen LogP contribution < -0.4 is 10.6 Å². The number of likely N-dealkylation sites (tertiary alicyclic amines) is 1. The molecule has 3 fully saturated rings. The highest BCUT2D eigenvalue weighted by atomic mass is 16.5. The molecule has 1 aromatic rings. The summed E-state index contributed by atoms with van der Waals surface area (Å²) >= 11 is 0. The van der Waals surface area contributed by atoms with Crippen LogP contribution in [0, 0.1) is 11.8 Å². The Balaban J connectivity index is 1.52. The Morgan fingerprint density at radius 3 is 2.63 bits per heavy atom. The van der Waals surface area contributed by atoms with Gasteiger partial charge in [-0.25, -0.2) is 0 Å². The summed E-state index contributed by atoms with van der Waals surface area (Å²) in [7, 11) is 0. The van der Waals surface area contributed by atoms with Crippen LogP contribution in [0.15, 0.2) is 30.3 Å². The SMILES string of the molecule is CCCCCNC(=O)C1N(CCCCCO)C(=O)[C@@H]2[C@@H](C(=O)NCc3ccccc3)[C@H]3CCC12O3. The van der Waals surface area contributed by atoms with Gasteiger partial charge in [0.15, 0.2) is 0 Å². The maximum atomic E-state index is 13.8. The second-order valence-corrected chi connectivity index (χ2v) is 10.1. The Hall–Kier alpha value is -2.45. The number of rotatable bonds is 13. The molecule has 8 nitrogen and oxygen atoms in total. The van der Waals surface area contributed by atoms with Gasteiger partial charge in [0.2, 0.25) is 17.7 Å². The van der Waals surface area contributed by atoms with E-state index in [1.807, 2.05) is 30.3 Å². The first kappa shape index (κ1) is 25.6. The van der Waals surface area contributed by atoms with Crippen molar-refractivity contribution in [3.63, 3.8) is 0 Å². The zero-order valence-electron chi connectivity index (χ0n) is 20.7. The molecule has 0 aromatic heterocycles. The first-order valence-electron chi connectivity index (χ1n) is 13.2. The standard InChI is InChI=1S/C27H39N3O5/c1-2-3-8-15-28-25(33)23-27-14-13-20(35-27)21(24(32)29-18-19-11-6-4-7-12-19)22(27)26(34)30(23)16-9-5-10-17-31/h4,6-7,11-12,20-23,31H,2-3,5,8-10,13-18H2,1H3,(H,28,33)(H,29,32)/t20-,21+,22+,23?,27?/m1/s1. The van der Waals surface area contributed by atoms with Crippen molar-refractivity contribution in [3.05, 3.63) is 35.9 Å². The number of unbranched alkanes of at least 4 members (excludes halogenated alkanes) is 4. The number of amides is 3. The van der Waals surface area contributed by atoms with Crippen molar-refractivity contribution in [2.45, 2.75) is 82.6 Å². The lowest BCUT2D eigenvalue weighted by atomic mass is 9.70. The summed E-state index contributed by atoms with van der Waals surface area (Å²) in [5.41, 5.74) is 0.0507. The Bertz CT molecular complexity index is 894. The number of carbonyl (C=O) groups excluding carboxylic acids is 3. The third kappa shape index (κ3) is 5.09. The largest absolute Gasteiger partial charge is 0.396 e. The summed E-state index contributed by atoms with van der Waals surface area (Å²) in [6.07, 6.45) is 6.05. The Labute approximate surface area is 207 Å². The number of fused-ring (bicyclic) bond motifs is 1. The summed E-state index contributed by atoms with van der Waals surface area (Å²) in [4.78, 5) is 42.2. The molecule has 3 N–H and O–H groups in total. The van der Waals surface area contributed by atoms with Crippen LogP contribution in [0.3, 0.4) is 0 Å². The average molecular weight is 486 g/mol. The van der Waals surface area contributed by atoms with E-state index in [0.29, 0.717) is 45.3 Å². The fourth-order valence-corrected chi connectivity index (χ4v) is 6.15. The van der Waals surface area contributed by atoms with Crippen LogP contribution in [0.25, 0.3) is 0 Å². The summed E-state index contributed by atoms with van der Waals surface area (Å²) in [6, 6.07) is 8.97. The number of hydrogen-bond acceptors (Lipinski definition) is 5. The number of aliphatic hydroxyl groups excluding tert-OH is 1. The van der Waals surface area contributed by atoms with Crippen molar-refractivity contribution in [2.75, 3.05) is 19.7 Å². The molecule has 2 bridgehead atoms. The van der Waals surface area contributed by atoms with E-state index in [2.05, 4.69) is 17.6 Å². The molecule has 3 amide bonds. The molecule has 3 aliphatic rings. The van der Waals surface area contributed by atoms with E-state index in [4.69, 9.17) is 9.84 Å². The van der Waals surface area contributed by atoms with Gasteiger partial charge in [0, 0.05) is 26.2 Å². The Kier molecular flexibility index (Phi) is 8.44. The summed E-state index contributed by atoms with van der Waals surface area (Å²) < 4.78 is 6.43. The first-order chi connectivity index (χ1) is 17.0. The van der Waals surface area contributed by atoms with Gasteiger partial charge in [-0.2, -0.15) is 0 Å². The zero-order valence-corrected chi connectivity index (χ0v) is 20.7. The third-order valence-corrected chi connectivity index (χ3v) is 7.80. The molecule has 0 aliphatic carbocycles.